The van der Waals surface area contributed by atoms with Crippen molar-refractivity contribution in [2.75, 3.05) is 26.2 Å². The van der Waals surface area contributed by atoms with Gasteiger partial charge in [0.1, 0.15) is 0 Å². The first-order chi connectivity index (χ1) is 14.4. The Morgan fingerprint density at radius 1 is 1.17 bits per heavy atom. The number of nitrogens with zero attached hydrogens (tertiary/aromatic N) is 4. The molecule has 3 aromatic rings. The summed E-state index contributed by atoms with van der Waals surface area (Å²) in [5.74, 6) is 0.0836. The Kier molecular flexibility index (Phi) is 4.83. The Morgan fingerprint density at radius 3 is 2.50 bits per heavy atom. The Labute approximate surface area is 176 Å². The molecule has 11 heteroatoms. The van der Waals surface area contributed by atoms with Crippen LogP contribution in [0.4, 0.5) is 5.69 Å². The van der Waals surface area contributed by atoms with Crippen molar-refractivity contribution in [3.63, 3.8) is 0 Å². The lowest BCUT2D eigenvalue weighted by molar-refractivity contribution is -0.385. The third kappa shape index (κ3) is 3.73. The minimum absolute atomic E-state index is 0.0836. The molecule has 0 amide bonds. The predicted molar refractivity (Wildman–Crippen MR) is 113 cm³/mol. The number of aromatic nitrogens is 1. The highest BCUT2D eigenvalue weighted by Gasteiger charge is 2.50. The van der Waals surface area contributed by atoms with E-state index in [0.717, 1.165) is 36.4 Å². The van der Waals surface area contributed by atoms with E-state index in [-0.39, 0.29) is 11.4 Å². The summed E-state index contributed by atoms with van der Waals surface area (Å²) in [7, 11) is -3.01. The van der Waals surface area contributed by atoms with Crippen LogP contribution in [0.1, 0.15) is 18.6 Å². The minimum atomic E-state index is -3.01. The van der Waals surface area contributed by atoms with E-state index in [9.17, 15) is 14.7 Å². The molecular formula is C19H19N4O5PS. The predicted octanol–water partition coefficient (Wildman–Crippen LogP) is 4.81. The zero-order valence-electron chi connectivity index (χ0n) is 16.1. The highest BCUT2D eigenvalue weighted by molar-refractivity contribution is 7.54. The molecule has 0 radical (unpaired) electrons. The third-order valence-corrected chi connectivity index (χ3v) is 8.71. The van der Waals surface area contributed by atoms with E-state index in [1.807, 2.05) is 33.6 Å². The molecule has 0 bridgehead atoms. The summed E-state index contributed by atoms with van der Waals surface area (Å²) in [6, 6.07) is 12.1. The summed E-state index contributed by atoms with van der Waals surface area (Å²) < 4.78 is 29.7. The molecule has 1 unspecified atom stereocenters. The maximum atomic E-state index is 13.3. The Balaban J connectivity index is 1.43. The number of benzene rings is 2. The van der Waals surface area contributed by atoms with Crippen LogP contribution in [0.5, 0.6) is 10.9 Å². The normalized spacial score (nSPS) is 17.8. The average molecular weight is 446 g/mol. The number of para-hydroxylation sites is 1. The molecule has 5 rings (SSSR count). The van der Waals surface area contributed by atoms with Gasteiger partial charge in [-0.05, 0) is 36.8 Å². The lowest BCUT2D eigenvalue weighted by Gasteiger charge is -2.24. The molecule has 3 heterocycles. The van der Waals surface area contributed by atoms with Gasteiger partial charge in [0.15, 0.2) is 0 Å². The molecule has 0 spiro atoms. The third-order valence-electron chi connectivity index (χ3n) is 4.98. The number of nitro groups is 1. The first kappa shape index (κ1) is 19.6. The van der Waals surface area contributed by atoms with Gasteiger partial charge in [-0.15, -0.1) is 0 Å². The highest BCUT2D eigenvalue weighted by atomic mass is 32.1. The monoisotopic (exact) mass is 446 g/mol. The molecule has 9 nitrogen and oxygen atoms in total. The second kappa shape index (κ2) is 7.40. The van der Waals surface area contributed by atoms with Gasteiger partial charge in [-0.2, -0.15) is 0 Å². The number of rotatable bonds is 8. The van der Waals surface area contributed by atoms with Gasteiger partial charge in [0.05, 0.1) is 21.2 Å². The van der Waals surface area contributed by atoms with Crippen LogP contribution in [-0.4, -0.2) is 45.4 Å². The number of thiazole rings is 1. The zero-order chi connectivity index (χ0) is 20.9. The fourth-order valence-corrected chi connectivity index (χ4v) is 6.36. The first-order valence-corrected chi connectivity index (χ1v) is 11.9. The topological polar surface area (TPSA) is 97.6 Å². The average Bonchev–Trinajstić information content (AvgIpc) is 3.62. The van der Waals surface area contributed by atoms with Crippen molar-refractivity contribution < 1.29 is 18.7 Å². The molecular weight excluding hydrogens is 427 g/mol. The Morgan fingerprint density at radius 2 is 1.87 bits per heavy atom. The summed E-state index contributed by atoms with van der Waals surface area (Å²) in [5.41, 5.74) is 1.26. The van der Waals surface area contributed by atoms with Gasteiger partial charge in [0.25, 0.3) is 5.19 Å². The maximum absolute atomic E-state index is 13.3. The van der Waals surface area contributed by atoms with Crippen LogP contribution in [-0.2, 0) is 9.09 Å². The van der Waals surface area contributed by atoms with Crippen molar-refractivity contribution >= 4 is 34.9 Å². The van der Waals surface area contributed by atoms with Crippen LogP contribution in [0.25, 0.3) is 10.2 Å². The van der Waals surface area contributed by atoms with Crippen molar-refractivity contribution in [2.45, 2.75) is 13.0 Å². The first-order valence-electron chi connectivity index (χ1n) is 9.55. The SMILES string of the molecule is CC(OP(=O)(N1CC1)N1CC1)c1ccc([N+](=O)[O-])c(Oc2nc3ccccc3s2)c1. The van der Waals surface area contributed by atoms with Crippen LogP contribution < -0.4 is 4.74 Å². The van der Waals surface area contributed by atoms with Crippen molar-refractivity contribution in [1.29, 1.82) is 0 Å². The number of hydrogen-bond acceptors (Lipinski definition) is 7. The fourth-order valence-electron chi connectivity index (χ4n) is 3.18. The quantitative estimate of drug-likeness (QED) is 0.210. The zero-order valence-corrected chi connectivity index (χ0v) is 17.8. The van der Waals surface area contributed by atoms with E-state index in [1.165, 1.54) is 17.4 Å². The molecule has 2 aliphatic heterocycles. The molecule has 0 saturated carbocycles. The maximum Gasteiger partial charge on any atom is 0.346 e. The molecule has 0 aliphatic carbocycles. The highest BCUT2D eigenvalue weighted by Crippen LogP contribution is 2.63. The van der Waals surface area contributed by atoms with Gasteiger partial charge in [-0.3, -0.25) is 19.2 Å². The largest absolute Gasteiger partial charge is 0.423 e. The molecule has 2 aromatic carbocycles. The number of hydrogen-bond donors (Lipinski definition) is 0. The smallest absolute Gasteiger partial charge is 0.346 e. The molecule has 30 heavy (non-hydrogen) atoms. The van der Waals surface area contributed by atoms with Gasteiger partial charge in [-0.1, -0.05) is 23.5 Å². The number of ether oxygens (including phenoxy) is 1. The Hall–Kier alpha value is -2.36. The van der Waals surface area contributed by atoms with Gasteiger partial charge in [0, 0.05) is 32.2 Å². The van der Waals surface area contributed by atoms with Gasteiger partial charge < -0.3 is 4.74 Å². The van der Waals surface area contributed by atoms with Crippen LogP contribution in [0.15, 0.2) is 42.5 Å². The lowest BCUT2D eigenvalue weighted by Crippen LogP contribution is -2.10. The van der Waals surface area contributed by atoms with E-state index >= 15 is 0 Å². The summed E-state index contributed by atoms with van der Waals surface area (Å²) in [5, 5.41) is 11.8. The summed E-state index contributed by atoms with van der Waals surface area (Å²) in [6.07, 6.45) is -0.518. The summed E-state index contributed by atoms with van der Waals surface area (Å²) in [4.78, 5) is 15.4. The number of fused-ring (bicyclic) bond motifs is 1. The van der Waals surface area contributed by atoms with E-state index < -0.39 is 18.7 Å². The van der Waals surface area contributed by atoms with E-state index in [4.69, 9.17) is 9.26 Å². The molecule has 156 valence electrons. The van der Waals surface area contributed by atoms with E-state index in [1.54, 1.807) is 19.1 Å². The van der Waals surface area contributed by atoms with Gasteiger partial charge >= 0.3 is 13.4 Å². The van der Waals surface area contributed by atoms with Crippen molar-refractivity contribution in [2.24, 2.45) is 0 Å². The van der Waals surface area contributed by atoms with Crippen molar-refractivity contribution in [3.8, 4) is 10.9 Å². The van der Waals surface area contributed by atoms with Crippen LogP contribution in [0.2, 0.25) is 0 Å². The van der Waals surface area contributed by atoms with Gasteiger partial charge in [-0.25, -0.2) is 14.3 Å². The van der Waals surface area contributed by atoms with E-state index in [0.29, 0.717) is 10.8 Å². The lowest BCUT2D eigenvalue weighted by atomic mass is 10.1. The summed E-state index contributed by atoms with van der Waals surface area (Å²) >= 11 is 1.32. The standard InChI is InChI=1S/C19H19N4O5PS/c1-13(28-29(26,21-8-9-21)22-10-11-22)14-6-7-16(23(24)25)17(12-14)27-19-20-15-4-2-3-5-18(15)30-19/h2-7,12-13H,8-11H2,1H3. The van der Waals surface area contributed by atoms with Crippen LogP contribution >= 0.6 is 19.0 Å². The van der Waals surface area contributed by atoms with Crippen LogP contribution in [0, 0.1) is 10.1 Å². The molecule has 2 aliphatic rings. The molecule has 1 aromatic heterocycles. The molecule has 2 fully saturated rings. The Bertz CT molecular complexity index is 1130. The second-order valence-corrected chi connectivity index (χ2v) is 10.5. The molecule has 2 saturated heterocycles. The second-order valence-electron chi connectivity index (χ2n) is 7.18. The fraction of sp³-hybridized carbons (Fsp3) is 0.316. The van der Waals surface area contributed by atoms with Crippen molar-refractivity contribution in [1.82, 2.24) is 14.3 Å². The van der Waals surface area contributed by atoms with E-state index in [2.05, 4.69) is 4.98 Å². The molecule has 1 atom stereocenters. The molecule has 0 N–H and O–H groups in total. The van der Waals surface area contributed by atoms with Crippen molar-refractivity contribution in [3.05, 3.63) is 58.1 Å². The number of nitro benzene ring substituents is 1. The minimum Gasteiger partial charge on any atom is -0.423 e. The van der Waals surface area contributed by atoms with Gasteiger partial charge in [0.2, 0.25) is 5.75 Å². The van der Waals surface area contributed by atoms with Crippen LogP contribution in [0.3, 0.4) is 0 Å². The summed E-state index contributed by atoms with van der Waals surface area (Å²) in [6.45, 7) is 4.82.